The third-order valence-electron chi connectivity index (χ3n) is 5.47. The van der Waals surface area contributed by atoms with Gasteiger partial charge >= 0.3 is 0 Å². The van der Waals surface area contributed by atoms with Crippen LogP contribution in [0, 0.1) is 5.92 Å². The Kier molecular flexibility index (Phi) is 3.98. The molecule has 3 heterocycles. The van der Waals surface area contributed by atoms with Crippen LogP contribution in [0.15, 0.2) is 48.8 Å². The van der Waals surface area contributed by atoms with E-state index in [0.717, 1.165) is 54.8 Å². The van der Waals surface area contributed by atoms with Crippen LogP contribution in [0.4, 0.5) is 5.82 Å². The predicted octanol–water partition coefficient (Wildman–Crippen LogP) is 3.23. The molecule has 2 aromatic carbocycles. The second kappa shape index (κ2) is 6.63. The Balaban J connectivity index is 1.64. The van der Waals surface area contributed by atoms with E-state index in [0.29, 0.717) is 11.7 Å². The number of hydrogen-bond acceptors (Lipinski definition) is 5. The largest absolute Gasteiger partial charge is 0.383 e. The summed E-state index contributed by atoms with van der Waals surface area (Å²) in [6, 6.07) is 14.7. The molecule has 0 amide bonds. The molecule has 1 aliphatic rings. The van der Waals surface area contributed by atoms with Crippen LogP contribution in [0.1, 0.15) is 12.8 Å². The normalized spacial score (nSPS) is 15.6. The highest BCUT2D eigenvalue weighted by atomic mass is 15.3. The fourth-order valence-corrected chi connectivity index (χ4v) is 4.01. The molecule has 1 aliphatic heterocycles. The number of aromatic nitrogens is 4. The van der Waals surface area contributed by atoms with Crippen molar-refractivity contribution in [3.63, 3.8) is 0 Å². The summed E-state index contributed by atoms with van der Waals surface area (Å²) < 4.78 is 2.02. The van der Waals surface area contributed by atoms with Crippen molar-refractivity contribution in [1.82, 2.24) is 25.1 Å². The summed E-state index contributed by atoms with van der Waals surface area (Å²) in [6.07, 6.45) is 3.85. The number of nitrogens with zero attached hydrogens (tertiary/aromatic N) is 4. The molecular weight excluding hydrogens is 336 g/mol. The summed E-state index contributed by atoms with van der Waals surface area (Å²) in [7, 11) is 0. The molecule has 0 aliphatic carbocycles. The van der Waals surface area contributed by atoms with Crippen molar-refractivity contribution in [3.05, 3.63) is 48.8 Å². The highest BCUT2D eigenvalue weighted by Gasteiger charge is 2.20. The Bertz CT molecular complexity index is 1110. The van der Waals surface area contributed by atoms with E-state index in [2.05, 4.69) is 57.7 Å². The van der Waals surface area contributed by atoms with Crippen LogP contribution >= 0.6 is 0 Å². The molecule has 1 saturated heterocycles. The lowest BCUT2D eigenvalue weighted by Gasteiger charge is -2.22. The van der Waals surface area contributed by atoms with Gasteiger partial charge in [-0.2, -0.15) is 5.10 Å². The molecule has 0 radical (unpaired) electrons. The van der Waals surface area contributed by atoms with Gasteiger partial charge in [-0.1, -0.05) is 36.4 Å². The standard InChI is InChI=1S/C21H22N6/c22-20-18-19(17-6-5-15-3-1-2-4-16(15)11-17)26-27(21(18)25-13-24-20)12-14-7-9-23-10-8-14/h1-6,11,13-14,23H,7-10,12H2,(H2,22,24,25). The molecule has 4 aromatic rings. The van der Waals surface area contributed by atoms with E-state index in [1.165, 1.54) is 17.1 Å². The van der Waals surface area contributed by atoms with E-state index in [9.17, 15) is 0 Å². The predicted molar refractivity (Wildman–Crippen MR) is 108 cm³/mol. The molecule has 2 aromatic heterocycles. The Morgan fingerprint density at radius 3 is 2.70 bits per heavy atom. The van der Waals surface area contributed by atoms with E-state index < -0.39 is 0 Å². The quantitative estimate of drug-likeness (QED) is 0.588. The number of nitrogens with one attached hydrogen (secondary N) is 1. The molecule has 0 atom stereocenters. The van der Waals surface area contributed by atoms with Gasteiger partial charge in [0.15, 0.2) is 5.65 Å². The molecule has 1 fully saturated rings. The van der Waals surface area contributed by atoms with Gasteiger partial charge in [0.2, 0.25) is 0 Å². The number of fused-ring (bicyclic) bond motifs is 2. The number of nitrogens with two attached hydrogens (primary N) is 1. The zero-order chi connectivity index (χ0) is 18.2. The van der Waals surface area contributed by atoms with Gasteiger partial charge in [0.05, 0.1) is 5.39 Å². The van der Waals surface area contributed by atoms with Crippen LogP contribution in [0.2, 0.25) is 0 Å². The highest BCUT2D eigenvalue weighted by molar-refractivity contribution is 6.00. The molecule has 0 spiro atoms. The Labute approximate surface area is 157 Å². The van der Waals surface area contributed by atoms with Crippen molar-refractivity contribution < 1.29 is 0 Å². The summed E-state index contributed by atoms with van der Waals surface area (Å²) in [4.78, 5) is 8.73. The summed E-state index contributed by atoms with van der Waals surface area (Å²) in [5.74, 6) is 1.09. The van der Waals surface area contributed by atoms with Crippen molar-refractivity contribution in [2.45, 2.75) is 19.4 Å². The van der Waals surface area contributed by atoms with Gasteiger partial charge in [0, 0.05) is 12.1 Å². The Morgan fingerprint density at radius 1 is 1.04 bits per heavy atom. The van der Waals surface area contributed by atoms with E-state index in [4.69, 9.17) is 10.8 Å². The van der Waals surface area contributed by atoms with Crippen LogP contribution in [0.5, 0.6) is 0 Å². The zero-order valence-corrected chi connectivity index (χ0v) is 15.1. The second-order valence-corrected chi connectivity index (χ2v) is 7.24. The molecule has 0 unspecified atom stereocenters. The smallest absolute Gasteiger partial charge is 0.163 e. The second-order valence-electron chi connectivity index (χ2n) is 7.24. The van der Waals surface area contributed by atoms with Gasteiger partial charge in [0.1, 0.15) is 17.8 Å². The maximum atomic E-state index is 6.24. The van der Waals surface area contributed by atoms with Gasteiger partial charge in [0.25, 0.3) is 0 Å². The summed E-state index contributed by atoms with van der Waals surface area (Å²) in [5, 5.41) is 11.6. The van der Waals surface area contributed by atoms with Crippen molar-refractivity contribution in [3.8, 4) is 11.3 Å². The van der Waals surface area contributed by atoms with Crippen molar-refractivity contribution >= 4 is 27.6 Å². The molecule has 6 heteroatoms. The van der Waals surface area contributed by atoms with Gasteiger partial charge < -0.3 is 11.1 Å². The summed E-state index contributed by atoms with van der Waals surface area (Å²) in [5.41, 5.74) is 8.97. The van der Waals surface area contributed by atoms with Crippen molar-refractivity contribution in [2.24, 2.45) is 5.92 Å². The first-order chi connectivity index (χ1) is 13.3. The van der Waals surface area contributed by atoms with Crippen molar-refractivity contribution in [2.75, 3.05) is 18.8 Å². The molecule has 27 heavy (non-hydrogen) atoms. The lowest BCUT2D eigenvalue weighted by atomic mass is 9.98. The van der Waals surface area contributed by atoms with Crippen LogP contribution < -0.4 is 11.1 Å². The third-order valence-corrected chi connectivity index (χ3v) is 5.47. The molecule has 5 rings (SSSR count). The minimum absolute atomic E-state index is 0.486. The number of piperidine rings is 1. The molecule has 0 saturated carbocycles. The lowest BCUT2D eigenvalue weighted by molar-refractivity contribution is 0.325. The van der Waals surface area contributed by atoms with Crippen LogP contribution in [0.25, 0.3) is 33.1 Å². The lowest BCUT2D eigenvalue weighted by Crippen LogP contribution is -2.30. The first-order valence-electron chi connectivity index (χ1n) is 9.46. The maximum absolute atomic E-state index is 6.24. The average Bonchev–Trinajstić information content (AvgIpc) is 3.08. The summed E-state index contributed by atoms with van der Waals surface area (Å²) >= 11 is 0. The van der Waals surface area contributed by atoms with Gasteiger partial charge in [-0.05, 0) is 48.7 Å². The van der Waals surface area contributed by atoms with E-state index >= 15 is 0 Å². The fourth-order valence-electron chi connectivity index (χ4n) is 4.01. The van der Waals surface area contributed by atoms with E-state index in [1.54, 1.807) is 0 Å². The molecule has 6 nitrogen and oxygen atoms in total. The van der Waals surface area contributed by atoms with Crippen LogP contribution in [-0.2, 0) is 6.54 Å². The average molecular weight is 358 g/mol. The highest BCUT2D eigenvalue weighted by Crippen LogP contribution is 2.32. The maximum Gasteiger partial charge on any atom is 0.163 e. The Morgan fingerprint density at radius 2 is 1.85 bits per heavy atom. The summed E-state index contributed by atoms with van der Waals surface area (Å²) in [6.45, 7) is 3.00. The number of rotatable bonds is 3. The topological polar surface area (TPSA) is 81.7 Å². The minimum atomic E-state index is 0.486. The molecular formula is C21H22N6. The van der Waals surface area contributed by atoms with Crippen LogP contribution in [0.3, 0.4) is 0 Å². The SMILES string of the molecule is Nc1ncnc2c1c(-c1ccc3ccccc3c1)nn2CC1CCNCC1. The van der Waals surface area contributed by atoms with E-state index in [-0.39, 0.29) is 0 Å². The van der Waals surface area contributed by atoms with Gasteiger partial charge in [-0.25, -0.2) is 14.6 Å². The number of hydrogen-bond donors (Lipinski definition) is 2. The first-order valence-corrected chi connectivity index (χ1v) is 9.46. The number of anilines is 1. The minimum Gasteiger partial charge on any atom is -0.383 e. The number of nitrogen functional groups attached to an aromatic ring is 1. The molecule has 136 valence electrons. The van der Waals surface area contributed by atoms with E-state index in [1.807, 2.05) is 4.68 Å². The van der Waals surface area contributed by atoms with Crippen LogP contribution in [-0.4, -0.2) is 32.8 Å². The van der Waals surface area contributed by atoms with Gasteiger partial charge in [-0.15, -0.1) is 0 Å². The zero-order valence-electron chi connectivity index (χ0n) is 15.1. The first kappa shape index (κ1) is 16.2. The Hall–Kier alpha value is -2.99. The molecule has 0 bridgehead atoms. The number of benzene rings is 2. The monoisotopic (exact) mass is 358 g/mol. The molecule has 3 N–H and O–H groups in total. The van der Waals surface area contributed by atoms with Crippen molar-refractivity contribution in [1.29, 1.82) is 0 Å². The fraction of sp³-hybridized carbons (Fsp3) is 0.286. The van der Waals surface area contributed by atoms with Gasteiger partial charge in [-0.3, -0.25) is 0 Å². The third kappa shape index (κ3) is 2.92.